The van der Waals surface area contributed by atoms with E-state index in [1.54, 1.807) is 32.4 Å². The third-order valence-corrected chi connectivity index (χ3v) is 2.61. The van der Waals surface area contributed by atoms with Gasteiger partial charge in [-0.3, -0.25) is 4.79 Å². The van der Waals surface area contributed by atoms with Gasteiger partial charge in [-0.05, 0) is 6.42 Å². The lowest BCUT2D eigenvalue weighted by Crippen LogP contribution is -2.26. The van der Waals surface area contributed by atoms with Gasteiger partial charge in [-0.15, -0.1) is 0 Å². The highest BCUT2D eigenvalue weighted by molar-refractivity contribution is 5.91. The molecule has 0 aliphatic carbocycles. The summed E-state index contributed by atoms with van der Waals surface area (Å²) in [5.74, 6) is 1.15. The second-order valence-corrected chi connectivity index (χ2v) is 4.02. The Labute approximate surface area is 107 Å². The molecule has 1 unspecified atom stereocenters. The topological polar surface area (TPSA) is 73.6 Å². The average molecular weight is 252 g/mol. The van der Waals surface area contributed by atoms with Crippen molar-refractivity contribution in [2.24, 2.45) is 5.73 Å². The smallest absolute Gasteiger partial charge is 0.225 e. The van der Waals surface area contributed by atoms with Crippen molar-refractivity contribution in [1.29, 1.82) is 0 Å². The van der Waals surface area contributed by atoms with Crippen LogP contribution in [0.3, 0.4) is 0 Å². The molecule has 3 N–H and O–H groups in total. The number of rotatable bonds is 6. The third-order valence-electron chi connectivity index (χ3n) is 2.61. The van der Waals surface area contributed by atoms with Crippen LogP contribution in [0.1, 0.15) is 19.8 Å². The molecular weight excluding hydrogens is 232 g/mol. The summed E-state index contributed by atoms with van der Waals surface area (Å²) in [6, 6.07) is 5.10. The van der Waals surface area contributed by atoms with Crippen LogP contribution in [0, 0.1) is 0 Å². The first kappa shape index (κ1) is 14.3. The van der Waals surface area contributed by atoms with E-state index in [2.05, 4.69) is 5.32 Å². The largest absolute Gasteiger partial charge is 0.497 e. The number of ether oxygens (including phenoxy) is 2. The molecule has 100 valence electrons. The fourth-order valence-electron chi connectivity index (χ4n) is 1.47. The van der Waals surface area contributed by atoms with Crippen molar-refractivity contribution in [2.45, 2.75) is 25.8 Å². The second kappa shape index (κ2) is 6.86. The molecule has 0 bridgehead atoms. The van der Waals surface area contributed by atoms with Gasteiger partial charge < -0.3 is 20.5 Å². The fourth-order valence-corrected chi connectivity index (χ4v) is 1.47. The summed E-state index contributed by atoms with van der Waals surface area (Å²) in [4.78, 5) is 11.7. The number of amides is 1. The molecule has 0 radical (unpaired) electrons. The number of nitrogens with one attached hydrogen (secondary N) is 1. The van der Waals surface area contributed by atoms with Gasteiger partial charge in [0.2, 0.25) is 5.91 Å². The SMILES string of the molecule is CCC(N)CC(=O)Nc1cc(OC)cc(OC)c1. The van der Waals surface area contributed by atoms with Gasteiger partial charge in [0, 0.05) is 36.3 Å². The highest BCUT2D eigenvalue weighted by Gasteiger charge is 2.09. The Morgan fingerprint density at radius 2 is 1.83 bits per heavy atom. The maximum Gasteiger partial charge on any atom is 0.225 e. The number of nitrogens with two attached hydrogens (primary N) is 1. The zero-order chi connectivity index (χ0) is 13.5. The summed E-state index contributed by atoms with van der Waals surface area (Å²) < 4.78 is 10.3. The van der Waals surface area contributed by atoms with E-state index >= 15 is 0 Å². The van der Waals surface area contributed by atoms with Crippen molar-refractivity contribution < 1.29 is 14.3 Å². The quantitative estimate of drug-likeness (QED) is 0.809. The zero-order valence-electron chi connectivity index (χ0n) is 11.0. The highest BCUT2D eigenvalue weighted by atomic mass is 16.5. The van der Waals surface area contributed by atoms with Crippen molar-refractivity contribution in [3.8, 4) is 11.5 Å². The maximum atomic E-state index is 11.7. The minimum atomic E-state index is -0.113. The van der Waals surface area contributed by atoms with Gasteiger partial charge in [-0.1, -0.05) is 6.92 Å². The first-order chi connectivity index (χ1) is 8.58. The lowest BCUT2D eigenvalue weighted by molar-refractivity contribution is -0.116. The summed E-state index contributed by atoms with van der Waals surface area (Å²) in [6.07, 6.45) is 1.07. The Kier molecular flexibility index (Phi) is 5.45. The maximum absolute atomic E-state index is 11.7. The first-order valence-electron chi connectivity index (χ1n) is 5.87. The molecule has 0 saturated carbocycles. The van der Waals surface area contributed by atoms with Gasteiger partial charge in [0.05, 0.1) is 14.2 Å². The average Bonchev–Trinajstić information content (AvgIpc) is 2.37. The molecule has 1 amide bonds. The van der Waals surface area contributed by atoms with Crippen molar-refractivity contribution in [2.75, 3.05) is 19.5 Å². The number of methoxy groups -OCH3 is 2. The van der Waals surface area contributed by atoms with E-state index < -0.39 is 0 Å². The van der Waals surface area contributed by atoms with Crippen LogP contribution in [0.15, 0.2) is 18.2 Å². The van der Waals surface area contributed by atoms with E-state index in [9.17, 15) is 4.79 Å². The van der Waals surface area contributed by atoms with Crippen LogP contribution in [-0.4, -0.2) is 26.2 Å². The Hall–Kier alpha value is -1.75. The molecule has 0 saturated heterocycles. The van der Waals surface area contributed by atoms with Crippen LogP contribution >= 0.6 is 0 Å². The van der Waals surface area contributed by atoms with E-state index in [1.807, 2.05) is 6.92 Å². The Balaban J connectivity index is 2.74. The van der Waals surface area contributed by atoms with Crippen LogP contribution in [0.4, 0.5) is 5.69 Å². The molecule has 18 heavy (non-hydrogen) atoms. The summed E-state index contributed by atoms with van der Waals surface area (Å²) >= 11 is 0. The summed E-state index contributed by atoms with van der Waals surface area (Å²) in [7, 11) is 3.13. The van der Waals surface area contributed by atoms with E-state index in [-0.39, 0.29) is 11.9 Å². The molecule has 0 aromatic heterocycles. The van der Waals surface area contributed by atoms with Gasteiger partial charge in [0.1, 0.15) is 11.5 Å². The lowest BCUT2D eigenvalue weighted by Gasteiger charge is -2.11. The number of carbonyl (C=O) groups excluding carboxylic acids is 1. The monoisotopic (exact) mass is 252 g/mol. The van der Waals surface area contributed by atoms with Gasteiger partial charge in [-0.25, -0.2) is 0 Å². The van der Waals surface area contributed by atoms with Gasteiger partial charge in [0.25, 0.3) is 0 Å². The molecule has 1 aromatic carbocycles. The third kappa shape index (κ3) is 4.25. The molecule has 0 spiro atoms. The number of hydrogen-bond donors (Lipinski definition) is 2. The molecule has 0 aliphatic heterocycles. The number of benzene rings is 1. The molecule has 5 heteroatoms. The molecule has 0 fully saturated rings. The minimum Gasteiger partial charge on any atom is -0.497 e. The standard InChI is InChI=1S/C13H20N2O3/c1-4-9(14)5-13(16)15-10-6-11(17-2)8-12(7-10)18-3/h6-9H,4-5,14H2,1-3H3,(H,15,16). The zero-order valence-corrected chi connectivity index (χ0v) is 11.0. The molecule has 0 heterocycles. The predicted molar refractivity (Wildman–Crippen MR) is 71.1 cm³/mol. The van der Waals surface area contributed by atoms with Crippen LogP contribution in [0.5, 0.6) is 11.5 Å². The Morgan fingerprint density at radius 3 is 2.28 bits per heavy atom. The summed E-state index contributed by atoms with van der Waals surface area (Å²) in [6.45, 7) is 1.95. The van der Waals surface area contributed by atoms with Crippen molar-refractivity contribution in [1.82, 2.24) is 0 Å². The number of hydrogen-bond acceptors (Lipinski definition) is 4. The lowest BCUT2D eigenvalue weighted by atomic mass is 10.1. The number of carbonyl (C=O) groups is 1. The van der Waals surface area contributed by atoms with E-state index in [4.69, 9.17) is 15.2 Å². The fraction of sp³-hybridized carbons (Fsp3) is 0.462. The highest BCUT2D eigenvalue weighted by Crippen LogP contribution is 2.25. The van der Waals surface area contributed by atoms with Gasteiger partial charge in [0.15, 0.2) is 0 Å². The normalized spacial score (nSPS) is 11.8. The Bertz CT molecular complexity index is 385. The summed E-state index contributed by atoms with van der Waals surface area (Å²) in [5, 5.41) is 2.78. The molecule has 5 nitrogen and oxygen atoms in total. The summed E-state index contributed by atoms with van der Waals surface area (Å²) in [5.41, 5.74) is 6.37. The predicted octanol–water partition coefficient (Wildman–Crippen LogP) is 1.77. The van der Waals surface area contributed by atoms with Crippen LogP contribution in [0.2, 0.25) is 0 Å². The molecule has 1 atom stereocenters. The van der Waals surface area contributed by atoms with Crippen molar-refractivity contribution in [3.05, 3.63) is 18.2 Å². The second-order valence-electron chi connectivity index (χ2n) is 4.02. The van der Waals surface area contributed by atoms with Crippen LogP contribution in [-0.2, 0) is 4.79 Å². The Morgan fingerprint density at radius 1 is 1.28 bits per heavy atom. The van der Waals surface area contributed by atoms with Crippen LogP contribution < -0.4 is 20.5 Å². The molecule has 1 aromatic rings. The van der Waals surface area contributed by atoms with Crippen LogP contribution in [0.25, 0.3) is 0 Å². The van der Waals surface area contributed by atoms with Crippen molar-refractivity contribution >= 4 is 11.6 Å². The molecule has 1 rings (SSSR count). The molecule has 0 aliphatic rings. The van der Waals surface area contributed by atoms with Gasteiger partial charge in [-0.2, -0.15) is 0 Å². The first-order valence-corrected chi connectivity index (χ1v) is 5.87. The minimum absolute atomic E-state index is 0.111. The molecular formula is C13H20N2O3. The van der Waals surface area contributed by atoms with E-state index in [0.717, 1.165) is 6.42 Å². The van der Waals surface area contributed by atoms with Gasteiger partial charge >= 0.3 is 0 Å². The van der Waals surface area contributed by atoms with E-state index in [0.29, 0.717) is 23.6 Å². The number of anilines is 1. The van der Waals surface area contributed by atoms with Crippen molar-refractivity contribution in [3.63, 3.8) is 0 Å². The van der Waals surface area contributed by atoms with E-state index in [1.165, 1.54) is 0 Å².